The highest BCUT2D eigenvalue weighted by atomic mass is 32.2. The van der Waals surface area contributed by atoms with E-state index in [4.69, 9.17) is 14.4 Å². The fraction of sp³-hybridized carbons (Fsp3) is 0.167. The molecule has 0 aliphatic rings. The van der Waals surface area contributed by atoms with Crippen LogP contribution in [-0.2, 0) is 9.84 Å². The average molecular weight is 315 g/mol. The Bertz CT molecular complexity index is 811. The van der Waals surface area contributed by atoms with E-state index in [1.165, 1.54) is 7.11 Å². The maximum Gasteiger partial charge on any atom is 0.358 e. The molecule has 0 aliphatic heterocycles. The van der Waals surface area contributed by atoms with Crippen LogP contribution in [0.15, 0.2) is 27.6 Å². The van der Waals surface area contributed by atoms with E-state index in [0.29, 0.717) is 0 Å². The molecule has 0 saturated heterocycles. The Balaban J connectivity index is 2.63. The van der Waals surface area contributed by atoms with Gasteiger partial charge in [0, 0.05) is 18.4 Å². The molecule has 0 atom stereocenters. The zero-order valence-electron chi connectivity index (χ0n) is 11.0. The topological polar surface area (TPSA) is 107 Å². The monoisotopic (exact) mass is 315 g/mol. The molecule has 2 rings (SSSR count). The number of hydrogen-bond acceptors (Lipinski definition) is 6. The van der Waals surface area contributed by atoms with Crippen molar-refractivity contribution in [2.75, 3.05) is 13.4 Å². The first-order valence-corrected chi connectivity index (χ1v) is 7.41. The van der Waals surface area contributed by atoms with Crippen LogP contribution in [0, 0.1) is 5.82 Å². The number of nitrogens with zero attached hydrogens (tertiary/aromatic N) is 1. The van der Waals surface area contributed by atoms with Crippen LogP contribution < -0.4 is 4.74 Å². The smallest absolute Gasteiger partial charge is 0.358 e. The normalized spacial score (nSPS) is 11.4. The minimum absolute atomic E-state index is 0.0184. The van der Waals surface area contributed by atoms with Crippen molar-refractivity contribution >= 4 is 15.8 Å². The maximum absolute atomic E-state index is 13.9. The highest BCUT2D eigenvalue weighted by molar-refractivity contribution is 7.90. The minimum Gasteiger partial charge on any atom is -0.496 e. The summed E-state index contributed by atoms with van der Waals surface area (Å²) in [4.78, 5) is 10.2. The summed E-state index contributed by atoms with van der Waals surface area (Å²) in [5.41, 5.74) is -0.304. The van der Waals surface area contributed by atoms with E-state index >= 15 is 0 Å². The van der Waals surface area contributed by atoms with E-state index in [1.54, 1.807) is 0 Å². The second kappa shape index (κ2) is 5.17. The van der Waals surface area contributed by atoms with E-state index in [-0.39, 0.29) is 22.8 Å². The van der Waals surface area contributed by atoms with Crippen molar-refractivity contribution in [1.29, 1.82) is 0 Å². The molecule has 112 valence electrons. The Morgan fingerprint density at radius 1 is 1.38 bits per heavy atom. The zero-order chi connectivity index (χ0) is 15.8. The summed E-state index contributed by atoms with van der Waals surface area (Å²) in [7, 11) is -2.51. The summed E-state index contributed by atoms with van der Waals surface area (Å²) in [5, 5.41) is 12.1. The largest absolute Gasteiger partial charge is 0.496 e. The predicted molar refractivity (Wildman–Crippen MR) is 68.5 cm³/mol. The predicted octanol–water partition coefficient (Wildman–Crippen LogP) is 1.59. The lowest BCUT2D eigenvalue weighted by Gasteiger charge is -2.09. The molecule has 9 heteroatoms. The first-order valence-electron chi connectivity index (χ1n) is 5.52. The molecule has 0 aliphatic carbocycles. The third-order valence-corrected chi connectivity index (χ3v) is 3.76. The van der Waals surface area contributed by atoms with E-state index in [2.05, 4.69) is 5.16 Å². The van der Waals surface area contributed by atoms with Crippen LogP contribution in [0.25, 0.3) is 11.3 Å². The van der Waals surface area contributed by atoms with Gasteiger partial charge in [0.25, 0.3) is 0 Å². The highest BCUT2D eigenvalue weighted by Gasteiger charge is 2.22. The molecule has 1 N–H and O–H groups in total. The Hall–Kier alpha value is -2.42. The molecule has 0 amide bonds. The Kier molecular flexibility index (Phi) is 3.69. The second-order valence-corrected chi connectivity index (χ2v) is 6.12. The number of rotatable bonds is 4. The van der Waals surface area contributed by atoms with Gasteiger partial charge in [0.15, 0.2) is 21.3 Å². The van der Waals surface area contributed by atoms with Gasteiger partial charge in [-0.15, -0.1) is 0 Å². The summed E-state index contributed by atoms with van der Waals surface area (Å²) in [6.45, 7) is 0. The molecule has 0 fully saturated rings. The number of halogens is 1. The van der Waals surface area contributed by atoms with Crippen LogP contribution in [0.1, 0.15) is 10.5 Å². The van der Waals surface area contributed by atoms with Crippen LogP contribution in [0.4, 0.5) is 4.39 Å². The number of carboxylic acid groups (broad SMARTS) is 1. The van der Waals surface area contributed by atoms with Crippen molar-refractivity contribution in [3.05, 3.63) is 29.7 Å². The molecule has 1 aromatic heterocycles. The van der Waals surface area contributed by atoms with Gasteiger partial charge in [-0.05, 0) is 6.07 Å². The van der Waals surface area contributed by atoms with Gasteiger partial charge in [0.2, 0.25) is 0 Å². The van der Waals surface area contributed by atoms with Gasteiger partial charge in [0.05, 0.1) is 12.7 Å². The number of sulfone groups is 1. The summed E-state index contributed by atoms with van der Waals surface area (Å²) in [5.74, 6) is -2.34. The van der Waals surface area contributed by atoms with E-state index in [9.17, 15) is 17.6 Å². The summed E-state index contributed by atoms with van der Waals surface area (Å²) >= 11 is 0. The molecule has 0 radical (unpaired) electrons. The van der Waals surface area contributed by atoms with E-state index in [0.717, 1.165) is 24.5 Å². The van der Waals surface area contributed by atoms with Crippen molar-refractivity contribution in [2.24, 2.45) is 0 Å². The van der Waals surface area contributed by atoms with E-state index < -0.39 is 26.5 Å². The van der Waals surface area contributed by atoms with Gasteiger partial charge in [0.1, 0.15) is 16.5 Å². The first kappa shape index (κ1) is 15.0. The molecule has 0 unspecified atom stereocenters. The molecule has 0 bridgehead atoms. The molecule has 0 saturated carbocycles. The Morgan fingerprint density at radius 2 is 2.05 bits per heavy atom. The molecule has 21 heavy (non-hydrogen) atoms. The lowest BCUT2D eigenvalue weighted by molar-refractivity contribution is 0.0686. The van der Waals surface area contributed by atoms with Crippen LogP contribution >= 0.6 is 0 Å². The standard InChI is InChI=1S/C12H10FNO6S/c1-19-9-5-11(21(2,17)18)7(13)3-6(9)10-4-8(12(15)16)14-20-10/h3-5H,1-2H3,(H,15,16). The molecule has 7 nitrogen and oxygen atoms in total. The van der Waals surface area contributed by atoms with Crippen molar-refractivity contribution in [3.63, 3.8) is 0 Å². The Labute approximate surface area is 118 Å². The molecule has 1 heterocycles. The fourth-order valence-electron chi connectivity index (χ4n) is 1.68. The SMILES string of the molecule is COc1cc(S(C)(=O)=O)c(F)cc1-c1cc(C(=O)O)no1. The average Bonchev–Trinajstić information content (AvgIpc) is 2.86. The van der Waals surface area contributed by atoms with Crippen molar-refractivity contribution in [1.82, 2.24) is 5.16 Å². The lowest BCUT2D eigenvalue weighted by Crippen LogP contribution is -2.02. The van der Waals surface area contributed by atoms with Gasteiger partial charge in [-0.2, -0.15) is 0 Å². The van der Waals surface area contributed by atoms with E-state index in [1.807, 2.05) is 0 Å². The summed E-state index contributed by atoms with van der Waals surface area (Å²) in [6.07, 6.45) is 0.863. The number of carboxylic acids is 1. The molecular formula is C12H10FNO6S. The molecule has 0 spiro atoms. The quantitative estimate of drug-likeness (QED) is 0.913. The van der Waals surface area contributed by atoms with Gasteiger partial charge in [-0.25, -0.2) is 17.6 Å². The summed E-state index contributed by atoms with van der Waals surface area (Å²) in [6, 6.07) is 2.98. The van der Waals surface area contributed by atoms with Crippen molar-refractivity contribution in [2.45, 2.75) is 4.90 Å². The first-order chi connectivity index (χ1) is 9.74. The number of hydrogen-bond donors (Lipinski definition) is 1. The van der Waals surface area contributed by atoms with Crippen LogP contribution in [0.2, 0.25) is 0 Å². The van der Waals surface area contributed by atoms with Gasteiger partial charge < -0.3 is 14.4 Å². The maximum atomic E-state index is 13.9. The number of methoxy groups -OCH3 is 1. The van der Waals surface area contributed by atoms with Crippen LogP contribution in [0.3, 0.4) is 0 Å². The number of aromatic carboxylic acids is 1. The molecule has 2 aromatic rings. The number of aromatic nitrogens is 1. The third-order valence-electron chi connectivity index (χ3n) is 2.65. The number of carbonyl (C=O) groups is 1. The molecule has 1 aromatic carbocycles. The third kappa shape index (κ3) is 2.87. The zero-order valence-corrected chi connectivity index (χ0v) is 11.8. The van der Waals surface area contributed by atoms with Gasteiger partial charge in [-0.3, -0.25) is 0 Å². The van der Waals surface area contributed by atoms with Gasteiger partial charge >= 0.3 is 5.97 Å². The number of benzene rings is 1. The van der Waals surface area contributed by atoms with Crippen molar-refractivity contribution < 1.29 is 32.0 Å². The fourth-order valence-corrected chi connectivity index (χ4v) is 2.42. The highest BCUT2D eigenvalue weighted by Crippen LogP contribution is 2.34. The minimum atomic E-state index is -3.77. The second-order valence-electron chi connectivity index (χ2n) is 4.14. The lowest BCUT2D eigenvalue weighted by atomic mass is 10.1. The van der Waals surface area contributed by atoms with Crippen LogP contribution in [0.5, 0.6) is 5.75 Å². The Morgan fingerprint density at radius 3 is 2.52 bits per heavy atom. The molecular weight excluding hydrogens is 305 g/mol. The van der Waals surface area contributed by atoms with Gasteiger partial charge in [-0.1, -0.05) is 5.16 Å². The van der Waals surface area contributed by atoms with Crippen LogP contribution in [-0.4, -0.2) is 38.0 Å². The summed E-state index contributed by atoms with van der Waals surface area (Å²) < 4.78 is 46.6. The van der Waals surface area contributed by atoms with Crippen molar-refractivity contribution in [3.8, 4) is 17.1 Å². The number of ether oxygens (including phenoxy) is 1.